The normalized spacial score (nSPS) is 12.1. The van der Waals surface area contributed by atoms with Gasteiger partial charge in [-0.05, 0) is 17.7 Å². The zero-order chi connectivity index (χ0) is 17.8. The van der Waals surface area contributed by atoms with E-state index in [4.69, 9.17) is 23.2 Å². The zero-order valence-corrected chi connectivity index (χ0v) is 15.1. The number of nitrogens with zero attached hydrogens (tertiary/aromatic N) is 4. The Bertz CT molecular complexity index is 873. The summed E-state index contributed by atoms with van der Waals surface area (Å²) in [5.74, 6) is 0.117. The molecule has 2 aromatic heterocycles. The number of benzene rings is 1. The molecular formula is C17H17Cl2N5O. The lowest BCUT2D eigenvalue weighted by atomic mass is 10.1. The van der Waals surface area contributed by atoms with Gasteiger partial charge in [-0.3, -0.25) is 14.2 Å². The van der Waals surface area contributed by atoms with Gasteiger partial charge in [-0.2, -0.15) is 10.2 Å². The first-order valence-corrected chi connectivity index (χ1v) is 8.52. The molecule has 3 aromatic rings. The van der Waals surface area contributed by atoms with Crippen molar-refractivity contribution in [1.82, 2.24) is 19.6 Å². The van der Waals surface area contributed by atoms with Crippen LogP contribution in [0.1, 0.15) is 12.5 Å². The lowest BCUT2D eigenvalue weighted by Gasteiger charge is -2.10. The number of aromatic nitrogens is 4. The SMILES string of the molecule is CC(Cn1cc(Cl)cn1)C(=O)Nc1ccn(Cc2cccc(Cl)c2)n1. The van der Waals surface area contributed by atoms with Gasteiger partial charge in [-0.15, -0.1) is 0 Å². The summed E-state index contributed by atoms with van der Waals surface area (Å²) in [6, 6.07) is 9.35. The Labute approximate surface area is 155 Å². The largest absolute Gasteiger partial charge is 0.309 e. The van der Waals surface area contributed by atoms with Gasteiger partial charge in [0.05, 0.1) is 30.2 Å². The maximum absolute atomic E-state index is 12.3. The van der Waals surface area contributed by atoms with Crippen molar-refractivity contribution in [2.45, 2.75) is 20.0 Å². The average molecular weight is 378 g/mol. The first-order chi connectivity index (χ1) is 12.0. The molecule has 0 fully saturated rings. The number of carbonyl (C=O) groups is 1. The number of hydrogen-bond donors (Lipinski definition) is 1. The summed E-state index contributed by atoms with van der Waals surface area (Å²) < 4.78 is 3.39. The molecule has 0 aliphatic rings. The van der Waals surface area contributed by atoms with Crippen molar-refractivity contribution in [1.29, 1.82) is 0 Å². The third-order valence-electron chi connectivity index (χ3n) is 3.64. The summed E-state index contributed by atoms with van der Waals surface area (Å²) in [5.41, 5.74) is 1.04. The highest BCUT2D eigenvalue weighted by atomic mass is 35.5. The van der Waals surface area contributed by atoms with E-state index in [1.165, 1.54) is 0 Å². The molecule has 130 valence electrons. The second kappa shape index (κ2) is 7.72. The molecule has 1 N–H and O–H groups in total. The summed E-state index contributed by atoms with van der Waals surface area (Å²) in [4.78, 5) is 12.3. The maximum Gasteiger partial charge on any atom is 0.230 e. The average Bonchev–Trinajstić information content (AvgIpc) is 3.16. The number of hydrogen-bond acceptors (Lipinski definition) is 3. The highest BCUT2D eigenvalue weighted by Gasteiger charge is 2.15. The molecule has 0 saturated carbocycles. The predicted molar refractivity (Wildman–Crippen MR) is 97.8 cm³/mol. The lowest BCUT2D eigenvalue weighted by molar-refractivity contribution is -0.119. The molecule has 0 bridgehead atoms. The summed E-state index contributed by atoms with van der Waals surface area (Å²) in [5, 5.41) is 12.5. The van der Waals surface area contributed by atoms with Gasteiger partial charge in [0, 0.05) is 23.5 Å². The van der Waals surface area contributed by atoms with Crippen LogP contribution in [0.4, 0.5) is 5.82 Å². The van der Waals surface area contributed by atoms with Gasteiger partial charge in [0.15, 0.2) is 5.82 Å². The topological polar surface area (TPSA) is 64.7 Å². The van der Waals surface area contributed by atoms with E-state index in [0.29, 0.717) is 29.0 Å². The minimum Gasteiger partial charge on any atom is -0.309 e. The standard InChI is InChI=1S/C17H17Cl2N5O/c1-12(9-24-11-15(19)8-20-24)17(25)21-16-5-6-23(22-16)10-13-3-2-4-14(18)7-13/h2-8,11-12H,9-10H2,1H3,(H,21,22,25). The van der Waals surface area contributed by atoms with Crippen molar-refractivity contribution in [2.75, 3.05) is 5.32 Å². The number of amides is 1. The van der Waals surface area contributed by atoms with Crippen molar-refractivity contribution >= 4 is 34.9 Å². The highest BCUT2D eigenvalue weighted by Crippen LogP contribution is 2.13. The number of carbonyl (C=O) groups excluding carboxylic acids is 1. The molecule has 6 nitrogen and oxygen atoms in total. The van der Waals surface area contributed by atoms with Crippen molar-refractivity contribution in [2.24, 2.45) is 5.92 Å². The van der Waals surface area contributed by atoms with Gasteiger partial charge in [0.25, 0.3) is 0 Å². The number of anilines is 1. The monoisotopic (exact) mass is 377 g/mol. The molecule has 8 heteroatoms. The molecule has 1 amide bonds. The van der Waals surface area contributed by atoms with E-state index in [0.717, 1.165) is 5.56 Å². The Hall–Kier alpha value is -2.31. The Morgan fingerprint density at radius 1 is 1.24 bits per heavy atom. The summed E-state index contributed by atoms with van der Waals surface area (Å²) >= 11 is 11.8. The summed E-state index contributed by atoms with van der Waals surface area (Å²) in [6.45, 7) is 2.85. The van der Waals surface area contributed by atoms with E-state index >= 15 is 0 Å². The molecule has 1 unspecified atom stereocenters. The Morgan fingerprint density at radius 2 is 2.08 bits per heavy atom. The molecule has 25 heavy (non-hydrogen) atoms. The van der Waals surface area contributed by atoms with Crippen LogP contribution >= 0.6 is 23.2 Å². The van der Waals surface area contributed by atoms with E-state index in [9.17, 15) is 4.79 Å². The minimum atomic E-state index is -0.269. The van der Waals surface area contributed by atoms with E-state index in [-0.39, 0.29) is 11.8 Å². The number of rotatable bonds is 6. The molecule has 0 radical (unpaired) electrons. The number of nitrogens with one attached hydrogen (secondary N) is 1. The van der Waals surface area contributed by atoms with Crippen LogP contribution in [0.15, 0.2) is 48.9 Å². The van der Waals surface area contributed by atoms with Crippen LogP contribution in [0.3, 0.4) is 0 Å². The van der Waals surface area contributed by atoms with Crippen LogP contribution in [-0.2, 0) is 17.9 Å². The molecule has 1 aromatic carbocycles. The molecule has 2 heterocycles. The van der Waals surface area contributed by atoms with Gasteiger partial charge in [-0.25, -0.2) is 0 Å². The van der Waals surface area contributed by atoms with E-state index in [1.807, 2.05) is 37.4 Å². The van der Waals surface area contributed by atoms with E-state index in [2.05, 4.69) is 15.5 Å². The third-order valence-corrected chi connectivity index (χ3v) is 4.07. The second-order valence-electron chi connectivity index (χ2n) is 5.80. The quantitative estimate of drug-likeness (QED) is 0.711. The van der Waals surface area contributed by atoms with Crippen molar-refractivity contribution in [3.05, 3.63) is 64.5 Å². The van der Waals surface area contributed by atoms with Crippen LogP contribution < -0.4 is 5.32 Å². The molecule has 3 rings (SSSR count). The molecule has 1 atom stereocenters. The molecule has 0 aliphatic heterocycles. The number of halogens is 2. The fourth-order valence-electron chi connectivity index (χ4n) is 2.39. The van der Waals surface area contributed by atoms with Crippen LogP contribution in [0.2, 0.25) is 10.0 Å². The molecular weight excluding hydrogens is 361 g/mol. The van der Waals surface area contributed by atoms with Gasteiger partial charge in [-0.1, -0.05) is 42.3 Å². The Morgan fingerprint density at radius 3 is 2.80 bits per heavy atom. The first-order valence-electron chi connectivity index (χ1n) is 7.76. The van der Waals surface area contributed by atoms with Crippen molar-refractivity contribution < 1.29 is 4.79 Å². The van der Waals surface area contributed by atoms with Crippen LogP contribution in [0.25, 0.3) is 0 Å². The van der Waals surface area contributed by atoms with Crippen molar-refractivity contribution in [3.63, 3.8) is 0 Å². The second-order valence-corrected chi connectivity index (χ2v) is 6.67. The van der Waals surface area contributed by atoms with E-state index < -0.39 is 0 Å². The van der Waals surface area contributed by atoms with Crippen LogP contribution in [0, 0.1) is 5.92 Å². The highest BCUT2D eigenvalue weighted by molar-refractivity contribution is 6.30. The smallest absolute Gasteiger partial charge is 0.230 e. The van der Waals surface area contributed by atoms with Gasteiger partial charge in [0.1, 0.15) is 0 Å². The summed E-state index contributed by atoms with van der Waals surface area (Å²) in [7, 11) is 0. The lowest BCUT2D eigenvalue weighted by Crippen LogP contribution is -2.24. The fraction of sp³-hybridized carbons (Fsp3) is 0.235. The van der Waals surface area contributed by atoms with E-state index in [1.54, 1.807) is 27.8 Å². The Balaban J connectivity index is 1.57. The predicted octanol–water partition coefficient (Wildman–Crippen LogP) is 3.71. The first kappa shape index (κ1) is 17.5. The fourth-order valence-corrected chi connectivity index (χ4v) is 2.76. The Kier molecular flexibility index (Phi) is 5.40. The van der Waals surface area contributed by atoms with Crippen molar-refractivity contribution in [3.8, 4) is 0 Å². The minimum absolute atomic E-state index is 0.125. The molecule has 0 aliphatic carbocycles. The molecule has 0 spiro atoms. The molecule has 0 saturated heterocycles. The van der Waals surface area contributed by atoms with Gasteiger partial charge in [0.2, 0.25) is 5.91 Å². The van der Waals surface area contributed by atoms with Crippen LogP contribution in [-0.4, -0.2) is 25.5 Å². The van der Waals surface area contributed by atoms with Gasteiger partial charge >= 0.3 is 0 Å². The van der Waals surface area contributed by atoms with Crippen LogP contribution in [0.5, 0.6) is 0 Å². The maximum atomic E-state index is 12.3. The third kappa shape index (κ3) is 4.84. The summed E-state index contributed by atoms with van der Waals surface area (Å²) in [6.07, 6.45) is 5.04. The van der Waals surface area contributed by atoms with Gasteiger partial charge < -0.3 is 5.32 Å². The zero-order valence-electron chi connectivity index (χ0n) is 13.6.